The Kier molecular flexibility index (Phi) is 6.70. The fourth-order valence-electron chi connectivity index (χ4n) is 2.51. The van der Waals surface area contributed by atoms with E-state index in [1.807, 2.05) is 30.3 Å². The Morgan fingerprint density at radius 3 is 2.17 bits per heavy atom. The van der Waals surface area contributed by atoms with Crippen LogP contribution in [-0.2, 0) is 6.54 Å². The van der Waals surface area contributed by atoms with Crippen LogP contribution in [0.15, 0.2) is 48.0 Å². The van der Waals surface area contributed by atoms with Crippen LogP contribution in [0.1, 0.15) is 18.1 Å². The van der Waals surface area contributed by atoms with Gasteiger partial charge in [-0.2, -0.15) is 0 Å². The molecule has 0 saturated heterocycles. The van der Waals surface area contributed by atoms with E-state index in [1.54, 1.807) is 21.3 Å². The van der Waals surface area contributed by atoms with Gasteiger partial charge in [-0.15, -0.1) is 0 Å². The summed E-state index contributed by atoms with van der Waals surface area (Å²) in [6, 6.07) is 14.1. The summed E-state index contributed by atoms with van der Waals surface area (Å²) in [5.74, 6) is 2.15. The van der Waals surface area contributed by atoms with Crippen molar-refractivity contribution in [3.63, 3.8) is 0 Å². The molecule has 0 heterocycles. The summed E-state index contributed by atoms with van der Waals surface area (Å²) in [5.41, 5.74) is 3.50. The minimum Gasteiger partial charge on any atom is -0.496 e. The van der Waals surface area contributed by atoms with Crippen LogP contribution in [0.3, 0.4) is 0 Å². The minimum absolute atomic E-state index is 0.665. The highest BCUT2D eigenvalue weighted by Crippen LogP contribution is 2.34. The Bertz CT molecular complexity index is 681. The van der Waals surface area contributed by atoms with E-state index in [1.165, 1.54) is 11.1 Å². The highest BCUT2D eigenvalue weighted by molar-refractivity contribution is 5.53. The first-order valence-corrected chi connectivity index (χ1v) is 7.89. The molecule has 0 aliphatic carbocycles. The molecule has 0 atom stereocenters. The van der Waals surface area contributed by atoms with Gasteiger partial charge < -0.3 is 19.5 Å². The quantitative estimate of drug-likeness (QED) is 0.798. The van der Waals surface area contributed by atoms with Crippen LogP contribution in [0.5, 0.6) is 17.2 Å². The Morgan fingerprint density at radius 2 is 1.54 bits per heavy atom. The number of benzene rings is 2. The molecule has 2 aromatic rings. The highest BCUT2D eigenvalue weighted by atomic mass is 16.5. The fraction of sp³-hybridized carbons (Fsp3) is 0.300. The van der Waals surface area contributed by atoms with Gasteiger partial charge in [0.2, 0.25) is 0 Å². The normalized spacial score (nSPS) is 11.2. The Balaban J connectivity index is 2.02. The smallest absolute Gasteiger partial charge is 0.164 e. The third-order valence-electron chi connectivity index (χ3n) is 3.72. The van der Waals surface area contributed by atoms with Gasteiger partial charge in [-0.25, -0.2) is 0 Å². The molecular formula is C20H25NO3. The maximum atomic E-state index is 5.45. The van der Waals surface area contributed by atoms with Crippen molar-refractivity contribution < 1.29 is 14.2 Å². The minimum atomic E-state index is 0.665. The second-order valence-electron chi connectivity index (χ2n) is 5.52. The third kappa shape index (κ3) is 4.77. The van der Waals surface area contributed by atoms with Crippen molar-refractivity contribution in [1.29, 1.82) is 0 Å². The lowest BCUT2D eigenvalue weighted by molar-refractivity contribution is 0.347. The van der Waals surface area contributed by atoms with Gasteiger partial charge in [0.05, 0.1) is 21.3 Å². The second-order valence-corrected chi connectivity index (χ2v) is 5.52. The zero-order valence-corrected chi connectivity index (χ0v) is 14.8. The second kappa shape index (κ2) is 8.99. The molecule has 128 valence electrons. The van der Waals surface area contributed by atoms with E-state index in [-0.39, 0.29) is 0 Å². The number of methoxy groups -OCH3 is 3. The standard InChI is InChI=1S/C20H25NO3/c1-15(10-16-8-6-5-7-9-16)13-21-14-17-11-19(23-3)20(24-4)12-18(17)22-2/h5-12,21H,13-14H2,1-4H3/b15-10+. The molecule has 1 N–H and O–H groups in total. The molecular weight excluding hydrogens is 302 g/mol. The molecule has 4 nitrogen and oxygen atoms in total. The molecule has 4 heteroatoms. The van der Waals surface area contributed by atoms with Crippen LogP contribution in [0.4, 0.5) is 0 Å². The van der Waals surface area contributed by atoms with E-state index in [9.17, 15) is 0 Å². The van der Waals surface area contributed by atoms with Crippen molar-refractivity contribution in [2.45, 2.75) is 13.5 Å². The van der Waals surface area contributed by atoms with Gasteiger partial charge >= 0.3 is 0 Å². The van der Waals surface area contributed by atoms with Gasteiger partial charge in [-0.05, 0) is 18.6 Å². The van der Waals surface area contributed by atoms with E-state index in [0.717, 1.165) is 17.9 Å². The number of rotatable bonds is 8. The molecule has 0 saturated carbocycles. The van der Waals surface area contributed by atoms with Gasteiger partial charge in [-0.1, -0.05) is 42.0 Å². The summed E-state index contributed by atoms with van der Waals surface area (Å²) in [6.07, 6.45) is 2.18. The molecule has 0 unspecified atom stereocenters. The van der Waals surface area contributed by atoms with E-state index in [0.29, 0.717) is 18.0 Å². The lowest BCUT2D eigenvalue weighted by Crippen LogP contribution is -2.16. The van der Waals surface area contributed by atoms with Crippen LogP contribution < -0.4 is 19.5 Å². The summed E-state index contributed by atoms with van der Waals surface area (Å²) in [7, 11) is 4.91. The van der Waals surface area contributed by atoms with Crippen LogP contribution in [0.25, 0.3) is 6.08 Å². The lowest BCUT2D eigenvalue weighted by atomic mass is 10.1. The maximum absolute atomic E-state index is 5.45. The molecule has 2 aromatic carbocycles. The lowest BCUT2D eigenvalue weighted by Gasteiger charge is -2.14. The van der Waals surface area contributed by atoms with Crippen molar-refractivity contribution >= 4 is 6.08 Å². The average molecular weight is 327 g/mol. The SMILES string of the molecule is COc1cc(OC)c(OC)cc1CNC/C(C)=C/c1ccccc1. The van der Waals surface area contributed by atoms with Gasteiger partial charge in [0.15, 0.2) is 11.5 Å². The molecule has 0 aromatic heterocycles. The topological polar surface area (TPSA) is 39.7 Å². The first kappa shape index (κ1) is 17.9. The highest BCUT2D eigenvalue weighted by Gasteiger charge is 2.11. The predicted molar refractivity (Wildman–Crippen MR) is 97.9 cm³/mol. The molecule has 0 radical (unpaired) electrons. The van der Waals surface area contributed by atoms with Gasteiger partial charge in [-0.3, -0.25) is 0 Å². The third-order valence-corrected chi connectivity index (χ3v) is 3.72. The van der Waals surface area contributed by atoms with E-state index < -0.39 is 0 Å². The van der Waals surface area contributed by atoms with Crippen molar-refractivity contribution in [1.82, 2.24) is 5.32 Å². The first-order valence-electron chi connectivity index (χ1n) is 7.89. The van der Waals surface area contributed by atoms with E-state index in [4.69, 9.17) is 14.2 Å². The zero-order chi connectivity index (χ0) is 17.4. The molecule has 0 aliphatic heterocycles. The summed E-state index contributed by atoms with van der Waals surface area (Å²) in [5, 5.41) is 3.44. The number of hydrogen-bond acceptors (Lipinski definition) is 4. The number of ether oxygens (including phenoxy) is 3. The van der Waals surface area contributed by atoms with E-state index in [2.05, 4.69) is 30.4 Å². The van der Waals surface area contributed by atoms with Gasteiger partial charge in [0.1, 0.15) is 5.75 Å². The first-order chi connectivity index (χ1) is 11.7. The van der Waals surface area contributed by atoms with Gasteiger partial charge in [0.25, 0.3) is 0 Å². The van der Waals surface area contributed by atoms with Crippen LogP contribution >= 0.6 is 0 Å². The Hall–Kier alpha value is -2.46. The molecule has 0 fully saturated rings. The summed E-state index contributed by atoms with van der Waals surface area (Å²) >= 11 is 0. The van der Waals surface area contributed by atoms with Crippen LogP contribution in [-0.4, -0.2) is 27.9 Å². The molecule has 0 amide bonds. The van der Waals surface area contributed by atoms with Crippen molar-refractivity contribution in [3.05, 3.63) is 59.2 Å². The van der Waals surface area contributed by atoms with Crippen LogP contribution in [0, 0.1) is 0 Å². The predicted octanol–water partition coefficient (Wildman–Crippen LogP) is 3.91. The molecule has 2 rings (SSSR count). The molecule has 0 spiro atoms. The number of nitrogens with one attached hydrogen (secondary N) is 1. The van der Waals surface area contributed by atoms with Crippen molar-refractivity contribution in [2.24, 2.45) is 0 Å². The molecule has 0 aliphatic rings. The monoisotopic (exact) mass is 327 g/mol. The summed E-state index contributed by atoms with van der Waals surface area (Å²) in [6.45, 7) is 3.60. The Morgan fingerprint density at radius 1 is 0.917 bits per heavy atom. The van der Waals surface area contributed by atoms with Gasteiger partial charge in [0, 0.05) is 24.7 Å². The average Bonchev–Trinajstić information content (AvgIpc) is 2.62. The largest absolute Gasteiger partial charge is 0.496 e. The number of hydrogen-bond donors (Lipinski definition) is 1. The Labute approximate surface area is 144 Å². The fourth-order valence-corrected chi connectivity index (χ4v) is 2.51. The zero-order valence-electron chi connectivity index (χ0n) is 14.8. The van der Waals surface area contributed by atoms with Crippen molar-refractivity contribution in [2.75, 3.05) is 27.9 Å². The van der Waals surface area contributed by atoms with E-state index >= 15 is 0 Å². The van der Waals surface area contributed by atoms with Crippen molar-refractivity contribution in [3.8, 4) is 17.2 Å². The summed E-state index contributed by atoms with van der Waals surface area (Å²) < 4.78 is 16.1. The summed E-state index contributed by atoms with van der Waals surface area (Å²) in [4.78, 5) is 0. The molecule has 24 heavy (non-hydrogen) atoms. The molecule has 0 bridgehead atoms. The van der Waals surface area contributed by atoms with Crippen LogP contribution in [0.2, 0.25) is 0 Å². The maximum Gasteiger partial charge on any atom is 0.164 e.